The second-order valence-corrected chi connectivity index (χ2v) is 3.05. The van der Waals surface area contributed by atoms with Crippen molar-refractivity contribution in [1.82, 2.24) is 5.32 Å². The number of allylic oxidation sites excluding steroid dienone is 1. The minimum Gasteiger partial charge on any atom is -0.359 e. The molecule has 0 saturated carbocycles. The van der Waals surface area contributed by atoms with Crippen LogP contribution in [0.15, 0.2) is 30.3 Å². The van der Waals surface area contributed by atoms with Crippen LogP contribution in [0.2, 0.25) is 0 Å². The van der Waals surface area contributed by atoms with Crippen LogP contribution in [0, 0.1) is 11.3 Å². The zero-order chi connectivity index (χ0) is 11.1. The van der Waals surface area contributed by atoms with Gasteiger partial charge in [0.2, 0.25) is 5.91 Å². The number of carbonyl (C=O) groups is 1. The third-order valence-corrected chi connectivity index (χ3v) is 1.97. The van der Waals surface area contributed by atoms with Crippen LogP contribution in [0.5, 0.6) is 0 Å². The van der Waals surface area contributed by atoms with Crippen LogP contribution in [0.1, 0.15) is 11.1 Å². The Morgan fingerprint density at radius 2 is 2.13 bits per heavy atom. The van der Waals surface area contributed by atoms with Gasteiger partial charge >= 0.3 is 0 Å². The third kappa shape index (κ3) is 3.65. The Balaban J connectivity index is 2.69. The maximum Gasteiger partial charge on any atom is 0.224 e. The average molecular weight is 200 g/mol. The van der Waals surface area contributed by atoms with E-state index in [1.807, 2.05) is 30.3 Å². The van der Waals surface area contributed by atoms with Gasteiger partial charge in [0.25, 0.3) is 0 Å². The first-order valence-electron chi connectivity index (χ1n) is 4.62. The van der Waals surface area contributed by atoms with E-state index in [4.69, 9.17) is 5.26 Å². The van der Waals surface area contributed by atoms with E-state index in [0.29, 0.717) is 6.42 Å². The Morgan fingerprint density at radius 1 is 1.47 bits per heavy atom. The van der Waals surface area contributed by atoms with Gasteiger partial charge in [-0.25, -0.2) is 0 Å². The molecule has 1 amide bonds. The highest BCUT2D eigenvalue weighted by molar-refractivity contribution is 5.78. The van der Waals surface area contributed by atoms with Crippen molar-refractivity contribution in [2.75, 3.05) is 7.05 Å². The van der Waals surface area contributed by atoms with Crippen molar-refractivity contribution in [2.24, 2.45) is 0 Å². The van der Waals surface area contributed by atoms with Crippen LogP contribution in [-0.2, 0) is 11.2 Å². The fourth-order valence-electron chi connectivity index (χ4n) is 1.15. The third-order valence-electron chi connectivity index (χ3n) is 1.97. The maximum atomic E-state index is 11.1. The Hall–Kier alpha value is -2.08. The second kappa shape index (κ2) is 5.61. The molecule has 3 nitrogen and oxygen atoms in total. The van der Waals surface area contributed by atoms with Gasteiger partial charge in [0.05, 0.1) is 12.5 Å². The number of carbonyl (C=O) groups excluding carboxylic acids is 1. The summed E-state index contributed by atoms with van der Waals surface area (Å²) < 4.78 is 0. The number of hydrogen-bond donors (Lipinski definition) is 1. The zero-order valence-corrected chi connectivity index (χ0v) is 8.53. The molecule has 0 heterocycles. The van der Waals surface area contributed by atoms with Crippen LogP contribution in [0.3, 0.4) is 0 Å². The minimum absolute atomic E-state index is 0.00434. The van der Waals surface area contributed by atoms with E-state index >= 15 is 0 Å². The molecular weight excluding hydrogens is 188 g/mol. The van der Waals surface area contributed by atoms with Gasteiger partial charge in [-0.3, -0.25) is 4.79 Å². The first-order chi connectivity index (χ1) is 7.26. The van der Waals surface area contributed by atoms with Crippen LogP contribution >= 0.6 is 0 Å². The minimum atomic E-state index is -0.00434. The molecule has 0 bridgehead atoms. The lowest BCUT2D eigenvalue weighted by molar-refractivity contribution is -0.119. The summed E-state index contributed by atoms with van der Waals surface area (Å²) in [6.45, 7) is 0. The fraction of sp³-hybridized carbons (Fsp3) is 0.167. The van der Waals surface area contributed by atoms with Crippen molar-refractivity contribution < 1.29 is 4.79 Å². The molecule has 1 aromatic carbocycles. The molecular formula is C12H12N2O. The van der Waals surface area contributed by atoms with Crippen molar-refractivity contribution in [3.8, 4) is 6.07 Å². The molecule has 0 aromatic heterocycles. The van der Waals surface area contributed by atoms with Gasteiger partial charge in [-0.1, -0.05) is 24.3 Å². The summed E-state index contributed by atoms with van der Waals surface area (Å²) in [4.78, 5) is 11.1. The lowest BCUT2D eigenvalue weighted by atomic mass is 10.1. The predicted molar refractivity (Wildman–Crippen MR) is 58.9 cm³/mol. The number of nitrogens with one attached hydrogen (secondary N) is 1. The number of nitrogens with zero attached hydrogens (tertiary/aromatic N) is 1. The molecule has 0 atom stereocenters. The van der Waals surface area contributed by atoms with E-state index in [2.05, 4.69) is 5.32 Å². The first kappa shape index (κ1) is 11.0. The summed E-state index contributed by atoms with van der Waals surface area (Å²) >= 11 is 0. The highest BCUT2D eigenvalue weighted by Gasteiger charge is 1.99. The Labute approximate surface area is 89.0 Å². The van der Waals surface area contributed by atoms with Crippen molar-refractivity contribution in [3.05, 3.63) is 41.5 Å². The quantitative estimate of drug-likeness (QED) is 0.752. The SMILES string of the molecule is CNC(=O)Cc1ccc(C=CC#N)cc1. The van der Waals surface area contributed by atoms with Crippen molar-refractivity contribution >= 4 is 12.0 Å². The summed E-state index contributed by atoms with van der Waals surface area (Å²) in [5, 5.41) is 10.9. The highest BCUT2D eigenvalue weighted by atomic mass is 16.1. The standard InChI is InChI=1S/C12H12N2O/c1-14-12(15)9-11-6-4-10(5-7-11)3-2-8-13/h2-7H,9H2,1H3,(H,14,15). The lowest BCUT2D eigenvalue weighted by Crippen LogP contribution is -2.19. The molecule has 76 valence electrons. The number of rotatable bonds is 3. The molecule has 0 spiro atoms. The van der Waals surface area contributed by atoms with Gasteiger partial charge in [-0.2, -0.15) is 5.26 Å². The Morgan fingerprint density at radius 3 is 2.67 bits per heavy atom. The molecule has 1 N–H and O–H groups in total. The molecule has 1 aromatic rings. The fourth-order valence-corrected chi connectivity index (χ4v) is 1.15. The van der Waals surface area contributed by atoms with E-state index in [0.717, 1.165) is 11.1 Å². The maximum absolute atomic E-state index is 11.1. The van der Waals surface area contributed by atoms with E-state index < -0.39 is 0 Å². The van der Waals surface area contributed by atoms with Gasteiger partial charge in [0, 0.05) is 13.1 Å². The van der Waals surface area contributed by atoms with Gasteiger partial charge in [0.15, 0.2) is 0 Å². The van der Waals surface area contributed by atoms with Crippen molar-refractivity contribution in [3.63, 3.8) is 0 Å². The monoisotopic (exact) mass is 200 g/mol. The molecule has 0 aliphatic carbocycles. The molecule has 0 aliphatic heterocycles. The first-order valence-corrected chi connectivity index (χ1v) is 4.62. The highest BCUT2D eigenvalue weighted by Crippen LogP contribution is 2.06. The second-order valence-electron chi connectivity index (χ2n) is 3.05. The molecule has 0 unspecified atom stereocenters. The number of likely N-dealkylation sites (N-methyl/N-ethyl adjacent to an activating group) is 1. The van der Waals surface area contributed by atoms with Crippen LogP contribution in [0.4, 0.5) is 0 Å². The molecule has 0 radical (unpaired) electrons. The number of benzene rings is 1. The summed E-state index contributed by atoms with van der Waals surface area (Å²) in [7, 11) is 1.62. The Bertz CT molecular complexity index is 399. The van der Waals surface area contributed by atoms with Gasteiger partial charge in [-0.15, -0.1) is 0 Å². The lowest BCUT2D eigenvalue weighted by Gasteiger charge is -2.00. The number of hydrogen-bond acceptors (Lipinski definition) is 2. The molecule has 0 saturated heterocycles. The van der Waals surface area contributed by atoms with E-state index in [9.17, 15) is 4.79 Å². The van der Waals surface area contributed by atoms with Gasteiger partial charge < -0.3 is 5.32 Å². The van der Waals surface area contributed by atoms with Crippen molar-refractivity contribution in [1.29, 1.82) is 5.26 Å². The van der Waals surface area contributed by atoms with Crippen LogP contribution in [0.25, 0.3) is 6.08 Å². The Kier molecular flexibility index (Phi) is 4.11. The summed E-state index contributed by atoms with van der Waals surface area (Å²) in [5.74, 6) is -0.00434. The molecule has 3 heteroatoms. The molecule has 1 rings (SSSR count). The van der Waals surface area contributed by atoms with Crippen LogP contribution < -0.4 is 5.32 Å². The summed E-state index contributed by atoms with van der Waals surface area (Å²) in [5.41, 5.74) is 1.92. The van der Waals surface area contributed by atoms with E-state index in [1.165, 1.54) is 6.08 Å². The van der Waals surface area contributed by atoms with Crippen molar-refractivity contribution in [2.45, 2.75) is 6.42 Å². The topological polar surface area (TPSA) is 52.9 Å². The van der Waals surface area contributed by atoms with E-state index in [-0.39, 0.29) is 5.91 Å². The van der Waals surface area contributed by atoms with Crippen LogP contribution in [-0.4, -0.2) is 13.0 Å². The number of amides is 1. The smallest absolute Gasteiger partial charge is 0.224 e. The zero-order valence-electron chi connectivity index (χ0n) is 8.53. The normalized spacial score (nSPS) is 9.87. The molecule has 15 heavy (non-hydrogen) atoms. The molecule has 0 fully saturated rings. The van der Waals surface area contributed by atoms with Gasteiger partial charge in [-0.05, 0) is 17.2 Å². The average Bonchev–Trinajstić information content (AvgIpc) is 2.28. The largest absolute Gasteiger partial charge is 0.359 e. The van der Waals surface area contributed by atoms with Gasteiger partial charge in [0.1, 0.15) is 0 Å². The number of nitriles is 1. The van der Waals surface area contributed by atoms with E-state index in [1.54, 1.807) is 13.1 Å². The molecule has 0 aliphatic rings. The predicted octanol–water partition coefficient (Wildman–Crippen LogP) is 1.51. The summed E-state index contributed by atoms with van der Waals surface area (Å²) in [6, 6.07) is 9.45. The summed E-state index contributed by atoms with van der Waals surface area (Å²) in [6.07, 6.45) is 3.54.